The summed E-state index contributed by atoms with van der Waals surface area (Å²) in [4.78, 5) is 43.6. The van der Waals surface area contributed by atoms with Crippen LogP contribution in [0.5, 0.6) is 5.75 Å². The average molecular weight is 695 g/mol. The van der Waals surface area contributed by atoms with E-state index in [1.165, 1.54) is 12.5 Å². The lowest BCUT2D eigenvalue weighted by atomic mass is 9.45. The van der Waals surface area contributed by atoms with Gasteiger partial charge in [0, 0.05) is 54.5 Å². The molecular formula is C41H54N6O4. The summed E-state index contributed by atoms with van der Waals surface area (Å²) in [6.07, 6.45) is 3.55. The van der Waals surface area contributed by atoms with E-state index in [9.17, 15) is 14.5 Å². The van der Waals surface area contributed by atoms with Crippen LogP contribution in [0.1, 0.15) is 61.5 Å². The average Bonchev–Trinajstić information content (AvgIpc) is 3.48. The van der Waals surface area contributed by atoms with Crippen molar-refractivity contribution in [2.75, 3.05) is 34.3 Å². The topological polar surface area (TPSA) is 129 Å². The number of amides is 2. The molecule has 7 atom stereocenters. The zero-order valence-electron chi connectivity index (χ0n) is 30.9. The second-order valence-corrected chi connectivity index (χ2v) is 16.0. The van der Waals surface area contributed by atoms with Crippen molar-refractivity contribution >= 4 is 17.5 Å². The van der Waals surface area contributed by atoms with Gasteiger partial charge in [-0.3, -0.25) is 14.5 Å². The van der Waals surface area contributed by atoms with Crippen LogP contribution >= 0.6 is 0 Å². The van der Waals surface area contributed by atoms with E-state index in [-0.39, 0.29) is 41.7 Å². The van der Waals surface area contributed by atoms with Crippen LogP contribution in [-0.4, -0.2) is 80.1 Å². The van der Waals surface area contributed by atoms with Crippen LogP contribution in [0.25, 0.3) is 11.1 Å². The molecule has 10 nitrogen and oxygen atoms in total. The zero-order valence-corrected chi connectivity index (χ0v) is 30.9. The Morgan fingerprint density at radius 1 is 1.06 bits per heavy atom. The number of hydrogen-bond donors (Lipinski definition) is 3. The van der Waals surface area contributed by atoms with Gasteiger partial charge in [-0.15, -0.1) is 4.91 Å². The lowest BCUT2D eigenvalue weighted by Gasteiger charge is -2.62. The van der Waals surface area contributed by atoms with Gasteiger partial charge < -0.3 is 26.0 Å². The van der Waals surface area contributed by atoms with Crippen LogP contribution in [0.2, 0.25) is 0 Å². The molecule has 3 saturated carbocycles. The van der Waals surface area contributed by atoms with Crippen molar-refractivity contribution in [1.29, 1.82) is 0 Å². The van der Waals surface area contributed by atoms with Crippen LogP contribution < -0.4 is 21.1 Å². The molecule has 0 aromatic heterocycles. The summed E-state index contributed by atoms with van der Waals surface area (Å²) in [5.74, 6) is 2.13. The van der Waals surface area contributed by atoms with Gasteiger partial charge in [0.05, 0.1) is 13.2 Å². The highest BCUT2D eigenvalue weighted by molar-refractivity contribution is 5.97. The number of methoxy groups -OCH3 is 1. The normalized spacial score (nSPS) is 25.9. The van der Waals surface area contributed by atoms with Crippen molar-refractivity contribution in [2.24, 2.45) is 34.1 Å². The summed E-state index contributed by atoms with van der Waals surface area (Å²) in [5, 5.41) is 9.83. The molecule has 1 aliphatic heterocycles. The lowest BCUT2D eigenvalue weighted by Crippen LogP contribution is -2.61. The molecule has 1 saturated heterocycles. The van der Waals surface area contributed by atoms with Crippen LogP contribution in [0.15, 0.2) is 71.9 Å². The predicted octanol–water partition coefficient (Wildman–Crippen LogP) is 5.75. The number of hydrogen-bond acceptors (Lipinski definition) is 8. The summed E-state index contributed by atoms with van der Waals surface area (Å²) < 4.78 is 6.01. The smallest absolute Gasteiger partial charge is 0.251 e. The van der Waals surface area contributed by atoms with Gasteiger partial charge in [-0.25, -0.2) is 0 Å². The van der Waals surface area contributed by atoms with Crippen LogP contribution in [-0.2, 0) is 17.8 Å². The number of para-hydroxylation sites is 1. The maximum Gasteiger partial charge on any atom is 0.251 e. The van der Waals surface area contributed by atoms with Crippen molar-refractivity contribution in [1.82, 2.24) is 20.4 Å². The second kappa shape index (κ2) is 15.2. The highest BCUT2D eigenvalue weighted by Crippen LogP contribution is 2.61. The first kappa shape index (κ1) is 36.7. The Labute approximate surface area is 302 Å². The quantitative estimate of drug-likeness (QED) is 0.194. The molecule has 4 aliphatic rings. The van der Waals surface area contributed by atoms with E-state index in [1.807, 2.05) is 67.5 Å². The summed E-state index contributed by atoms with van der Waals surface area (Å²) in [6, 6.07) is 20.4. The molecule has 51 heavy (non-hydrogen) atoms. The number of fused-ring (bicyclic) bond motifs is 2. The summed E-state index contributed by atoms with van der Waals surface area (Å²) in [6.45, 7) is 8.74. The van der Waals surface area contributed by atoms with Gasteiger partial charge in [-0.2, -0.15) is 0 Å². The van der Waals surface area contributed by atoms with E-state index >= 15 is 0 Å². The number of ether oxygens (including phenoxy) is 1. The summed E-state index contributed by atoms with van der Waals surface area (Å²) in [7, 11) is 5.57. The molecule has 2 bridgehead atoms. The number of nitroso groups, excluding NO2 is 1. The molecule has 3 aromatic rings. The fourth-order valence-corrected chi connectivity index (χ4v) is 9.12. The van der Waals surface area contributed by atoms with E-state index in [0.717, 1.165) is 23.1 Å². The van der Waals surface area contributed by atoms with E-state index in [2.05, 4.69) is 41.5 Å². The van der Waals surface area contributed by atoms with E-state index in [4.69, 9.17) is 10.5 Å². The Morgan fingerprint density at radius 3 is 2.49 bits per heavy atom. The van der Waals surface area contributed by atoms with Gasteiger partial charge in [-0.05, 0) is 97.5 Å². The maximum atomic E-state index is 13.8. The molecule has 0 spiro atoms. The number of nitrogens with two attached hydrogens (primary N) is 1. The number of rotatable bonds is 13. The predicted molar refractivity (Wildman–Crippen MR) is 202 cm³/mol. The summed E-state index contributed by atoms with van der Waals surface area (Å²) >= 11 is 0. The molecule has 1 heterocycles. The Hall–Kier alpha value is -4.12. The molecule has 2 amide bonds. The minimum absolute atomic E-state index is 0.0503. The van der Waals surface area contributed by atoms with Crippen LogP contribution in [0, 0.1) is 28.1 Å². The zero-order chi connectivity index (χ0) is 36.4. The third kappa shape index (κ3) is 7.88. The number of likely N-dealkylation sites (tertiary alicyclic amines) is 1. The van der Waals surface area contributed by atoms with Crippen LogP contribution in [0.4, 0.5) is 5.69 Å². The van der Waals surface area contributed by atoms with Crippen molar-refractivity contribution in [3.8, 4) is 16.9 Å². The molecule has 272 valence electrons. The van der Waals surface area contributed by atoms with Crippen molar-refractivity contribution in [2.45, 2.75) is 77.2 Å². The van der Waals surface area contributed by atoms with E-state index in [1.54, 1.807) is 19.2 Å². The molecule has 3 aromatic carbocycles. The van der Waals surface area contributed by atoms with Gasteiger partial charge in [-0.1, -0.05) is 69.3 Å². The highest BCUT2D eigenvalue weighted by Gasteiger charge is 2.56. The molecule has 4 fully saturated rings. The van der Waals surface area contributed by atoms with Gasteiger partial charge in [0.2, 0.25) is 5.91 Å². The highest BCUT2D eigenvalue weighted by atomic mass is 16.5. The Kier molecular flexibility index (Phi) is 11.0. The van der Waals surface area contributed by atoms with Crippen molar-refractivity contribution in [3.63, 3.8) is 0 Å². The first-order valence-corrected chi connectivity index (χ1v) is 18.3. The van der Waals surface area contributed by atoms with E-state index in [0.29, 0.717) is 72.5 Å². The van der Waals surface area contributed by atoms with Gasteiger partial charge in [0.15, 0.2) is 0 Å². The number of nitrogens with one attached hydrogen (secondary N) is 2. The van der Waals surface area contributed by atoms with Gasteiger partial charge in [0.1, 0.15) is 11.4 Å². The first-order valence-electron chi connectivity index (χ1n) is 18.3. The first-order chi connectivity index (χ1) is 24.4. The maximum absolute atomic E-state index is 13.8. The largest absolute Gasteiger partial charge is 0.496 e. The number of carbonyl (C=O) groups is 2. The number of benzene rings is 3. The molecule has 10 heteroatoms. The third-order valence-corrected chi connectivity index (χ3v) is 11.9. The van der Waals surface area contributed by atoms with Crippen LogP contribution in [0.3, 0.4) is 0 Å². The standard InChI is InChI=1S/C41H54N6O4/c1-25-35-19-30(41(35,2)3)20-36(25)44-40(49)37-21-31(42)23-47(37)22-27-13-10-14-34(38(27)51-6)28-16-29(18-32(17-28)45-50)39(48)43-33(24-46(4)5)15-26-11-8-7-9-12-26/h7-14,16-18,25,30-31,33,35-37H,15,19-24,42H2,1-6H3,(H,43,48)(H,44,49)/t25-,30+,31-,33-,35-,36-,37-/m0/s1. The SMILES string of the molecule is COc1c(CN2C[C@@H](N)C[C@H]2C(=O)N[C@H]2C[C@H]3C[C@@H]([C@@H]2C)C3(C)C)cccc1-c1cc(N=O)cc(C(=O)N[C@@H](Cc2ccccc2)CN(C)C)c1. The van der Waals surface area contributed by atoms with Gasteiger partial charge in [0.25, 0.3) is 5.91 Å². The molecule has 7 rings (SSSR count). The Bertz CT molecular complexity index is 1730. The number of likely N-dealkylation sites (N-methyl/N-ethyl adjacent to an activating group) is 1. The molecule has 0 unspecified atom stereocenters. The molecule has 4 N–H and O–H groups in total. The minimum atomic E-state index is -0.337. The van der Waals surface area contributed by atoms with Crippen molar-refractivity contribution in [3.05, 3.63) is 88.3 Å². The third-order valence-electron chi connectivity index (χ3n) is 11.9. The molecule has 0 radical (unpaired) electrons. The molecular weight excluding hydrogens is 640 g/mol. The summed E-state index contributed by atoms with van der Waals surface area (Å²) in [5.41, 5.74) is 10.7. The second-order valence-electron chi connectivity index (χ2n) is 16.0. The van der Waals surface area contributed by atoms with E-state index < -0.39 is 0 Å². The van der Waals surface area contributed by atoms with Gasteiger partial charge >= 0.3 is 0 Å². The monoisotopic (exact) mass is 694 g/mol. The number of nitrogens with zero attached hydrogens (tertiary/aromatic N) is 3. The fourth-order valence-electron chi connectivity index (χ4n) is 9.12. The Balaban J connectivity index is 1.21. The lowest BCUT2D eigenvalue weighted by molar-refractivity contribution is -0.137. The molecule has 3 aliphatic carbocycles. The Morgan fingerprint density at radius 2 is 1.82 bits per heavy atom. The minimum Gasteiger partial charge on any atom is -0.496 e. The fraction of sp³-hybridized carbons (Fsp3) is 0.512. The number of carbonyl (C=O) groups excluding carboxylic acids is 2. The van der Waals surface area contributed by atoms with Crippen molar-refractivity contribution < 1.29 is 14.3 Å².